The molecule has 106 valence electrons. The number of hydrogen-bond acceptors (Lipinski definition) is 6. The van der Waals surface area contributed by atoms with E-state index in [1.165, 1.54) is 6.33 Å². The second-order valence-corrected chi connectivity index (χ2v) is 4.76. The SMILES string of the molecule is CCOc1ncnc(NC(C)C2CCOCC2)c1N. The molecule has 6 nitrogen and oxygen atoms in total. The van der Waals surface area contributed by atoms with Crippen LogP contribution in [-0.2, 0) is 4.74 Å². The van der Waals surface area contributed by atoms with E-state index in [1.54, 1.807) is 0 Å². The number of nitrogens with one attached hydrogen (secondary N) is 1. The summed E-state index contributed by atoms with van der Waals surface area (Å²) < 4.78 is 10.7. The molecule has 0 saturated carbocycles. The molecule has 1 aromatic heterocycles. The van der Waals surface area contributed by atoms with Crippen LogP contribution in [0.2, 0.25) is 0 Å². The first-order chi connectivity index (χ1) is 9.22. The summed E-state index contributed by atoms with van der Waals surface area (Å²) in [4.78, 5) is 8.23. The van der Waals surface area contributed by atoms with Crippen LogP contribution in [0.3, 0.4) is 0 Å². The molecule has 0 amide bonds. The Bertz CT molecular complexity index is 408. The van der Waals surface area contributed by atoms with E-state index in [1.807, 2.05) is 6.92 Å². The van der Waals surface area contributed by atoms with Gasteiger partial charge < -0.3 is 20.5 Å². The number of hydrogen-bond donors (Lipinski definition) is 2. The van der Waals surface area contributed by atoms with Crippen molar-refractivity contribution < 1.29 is 9.47 Å². The van der Waals surface area contributed by atoms with Crippen molar-refractivity contribution in [3.8, 4) is 5.88 Å². The molecule has 0 aliphatic carbocycles. The van der Waals surface area contributed by atoms with Gasteiger partial charge in [0.15, 0.2) is 5.82 Å². The van der Waals surface area contributed by atoms with E-state index in [0.29, 0.717) is 36.0 Å². The first-order valence-electron chi connectivity index (χ1n) is 6.80. The fourth-order valence-electron chi connectivity index (χ4n) is 2.30. The minimum atomic E-state index is 0.301. The van der Waals surface area contributed by atoms with Crippen LogP contribution in [0.1, 0.15) is 26.7 Å². The zero-order valence-electron chi connectivity index (χ0n) is 11.6. The maximum Gasteiger partial charge on any atom is 0.242 e. The van der Waals surface area contributed by atoms with Crippen molar-refractivity contribution in [3.63, 3.8) is 0 Å². The lowest BCUT2D eigenvalue weighted by atomic mass is 9.93. The maximum atomic E-state index is 6.01. The third kappa shape index (κ3) is 3.47. The zero-order valence-corrected chi connectivity index (χ0v) is 11.6. The highest BCUT2D eigenvalue weighted by molar-refractivity contribution is 5.66. The summed E-state index contributed by atoms with van der Waals surface area (Å²) in [5.74, 6) is 1.68. The van der Waals surface area contributed by atoms with Gasteiger partial charge in [-0.15, -0.1) is 0 Å². The Morgan fingerprint density at radius 1 is 1.47 bits per heavy atom. The van der Waals surface area contributed by atoms with Gasteiger partial charge in [0.2, 0.25) is 5.88 Å². The molecule has 1 aliphatic heterocycles. The predicted molar refractivity (Wildman–Crippen MR) is 74.2 cm³/mol. The van der Waals surface area contributed by atoms with Crippen LogP contribution in [-0.4, -0.2) is 35.8 Å². The van der Waals surface area contributed by atoms with Crippen LogP contribution in [0.4, 0.5) is 11.5 Å². The van der Waals surface area contributed by atoms with Crippen molar-refractivity contribution in [2.24, 2.45) is 5.92 Å². The fraction of sp³-hybridized carbons (Fsp3) is 0.692. The first kappa shape index (κ1) is 13.9. The number of rotatable bonds is 5. The highest BCUT2D eigenvalue weighted by Crippen LogP contribution is 2.27. The van der Waals surface area contributed by atoms with Crippen LogP contribution >= 0.6 is 0 Å². The average molecular weight is 266 g/mol. The van der Waals surface area contributed by atoms with Crippen molar-refractivity contribution in [1.29, 1.82) is 0 Å². The van der Waals surface area contributed by atoms with Gasteiger partial charge in [0, 0.05) is 19.3 Å². The van der Waals surface area contributed by atoms with Crippen LogP contribution in [0.15, 0.2) is 6.33 Å². The van der Waals surface area contributed by atoms with Crippen molar-refractivity contribution in [2.45, 2.75) is 32.7 Å². The molecule has 2 rings (SSSR count). The topological polar surface area (TPSA) is 82.3 Å². The number of nitrogen functional groups attached to an aromatic ring is 1. The van der Waals surface area contributed by atoms with E-state index in [0.717, 1.165) is 26.1 Å². The zero-order chi connectivity index (χ0) is 13.7. The van der Waals surface area contributed by atoms with Gasteiger partial charge in [-0.3, -0.25) is 0 Å². The van der Waals surface area contributed by atoms with Crippen LogP contribution < -0.4 is 15.8 Å². The summed E-state index contributed by atoms with van der Waals surface area (Å²) in [7, 11) is 0. The highest BCUT2D eigenvalue weighted by Gasteiger charge is 2.21. The molecule has 1 aliphatic rings. The second-order valence-electron chi connectivity index (χ2n) is 4.76. The van der Waals surface area contributed by atoms with Crippen molar-refractivity contribution >= 4 is 11.5 Å². The Balaban J connectivity index is 2.03. The molecule has 19 heavy (non-hydrogen) atoms. The summed E-state index contributed by atoms with van der Waals surface area (Å²) in [6.45, 7) is 6.26. The molecular formula is C13H22N4O2. The minimum Gasteiger partial charge on any atom is -0.476 e. The molecule has 1 saturated heterocycles. The van der Waals surface area contributed by atoms with E-state index in [2.05, 4.69) is 22.2 Å². The van der Waals surface area contributed by atoms with Gasteiger partial charge in [0.05, 0.1) is 6.61 Å². The minimum absolute atomic E-state index is 0.301. The molecule has 1 unspecified atom stereocenters. The highest BCUT2D eigenvalue weighted by atomic mass is 16.5. The lowest BCUT2D eigenvalue weighted by molar-refractivity contribution is 0.0622. The number of nitrogens with zero attached hydrogens (tertiary/aromatic N) is 2. The van der Waals surface area contributed by atoms with Crippen molar-refractivity contribution in [1.82, 2.24) is 9.97 Å². The second kappa shape index (κ2) is 6.56. The Morgan fingerprint density at radius 2 is 2.21 bits per heavy atom. The smallest absolute Gasteiger partial charge is 0.242 e. The van der Waals surface area contributed by atoms with E-state index < -0.39 is 0 Å². The number of aromatic nitrogens is 2. The molecule has 3 N–H and O–H groups in total. The first-order valence-corrected chi connectivity index (χ1v) is 6.80. The van der Waals surface area contributed by atoms with E-state index in [9.17, 15) is 0 Å². The van der Waals surface area contributed by atoms with E-state index in [-0.39, 0.29) is 0 Å². The maximum absolute atomic E-state index is 6.01. The van der Waals surface area contributed by atoms with Gasteiger partial charge >= 0.3 is 0 Å². The molecule has 1 aromatic rings. The molecule has 0 bridgehead atoms. The van der Waals surface area contributed by atoms with E-state index >= 15 is 0 Å². The lowest BCUT2D eigenvalue weighted by Gasteiger charge is -2.29. The van der Waals surface area contributed by atoms with Crippen LogP contribution in [0.25, 0.3) is 0 Å². The van der Waals surface area contributed by atoms with Crippen molar-refractivity contribution in [2.75, 3.05) is 30.9 Å². The van der Waals surface area contributed by atoms with Gasteiger partial charge in [-0.1, -0.05) is 0 Å². The Hall–Kier alpha value is -1.56. The van der Waals surface area contributed by atoms with Crippen LogP contribution in [0.5, 0.6) is 5.88 Å². The monoisotopic (exact) mass is 266 g/mol. The third-order valence-corrected chi connectivity index (χ3v) is 3.47. The summed E-state index contributed by atoms with van der Waals surface area (Å²) >= 11 is 0. The molecule has 1 fully saturated rings. The van der Waals surface area contributed by atoms with Gasteiger partial charge in [-0.05, 0) is 32.6 Å². The quantitative estimate of drug-likeness (QED) is 0.844. The van der Waals surface area contributed by atoms with Crippen molar-refractivity contribution in [3.05, 3.63) is 6.33 Å². The standard InChI is InChI=1S/C13H22N4O2/c1-3-19-13-11(14)12(15-8-16-13)17-9(2)10-4-6-18-7-5-10/h8-10H,3-7,14H2,1-2H3,(H,15,16,17). The van der Waals surface area contributed by atoms with Gasteiger partial charge in [-0.2, -0.15) is 4.98 Å². The largest absolute Gasteiger partial charge is 0.476 e. The molecule has 2 heterocycles. The molecular weight excluding hydrogens is 244 g/mol. The van der Waals surface area contributed by atoms with Gasteiger partial charge in [0.1, 0.15) is 12.0 Å². The Morgan fingerprint density at radius 3 is 2.89 bits per heavy atom. The molecule has 1 atom stereocenters. The Kier molecular flexibility index (Phi) is 4.79. The molecule has 0 radical (unpaired) electrons. The average Bonchev–Trinajstić information content (AvgIpc) is 2.44. The van der Waals surface area contributed by atoms with E-state index in [4.69, 9.17) is 15.2 Å². The van der Waals surface area contributed by atoms with Crippen LogP contribution in [0, 0.1) is 5.92 Å². The van der Waals surface area contributed by atoms with Gasteiger partial charge in [-0.25, -0.2) is 4.98 Å². The molecule has 0 aromatic carbocycles. The van der Waals surface area contributed by atoms with Gasteiger partial charge in [0.25, 0.3) is 0 Å². The number of nitrogens with two attached hydrogens (primary N) is 1. The molecule has 0 spiro atoms. The summed E-state index contributed by atoms with van der Waals surface area (Å²) in [5, 5.41) is 3.37. The summed E-state index contributed by atoms with van der Waals surface area (Å²) in [6, 6.07) is 0.301. The lowest BCUT2D eigenvalue weighted by Crippen LogP contribution is -2.31. The number of ether oxygens (including phenoxy) is 2. The summed E-state index contributed by atoms with van der Waals surface area (Å²) in [5.41, 5.74) is 6.49. The normalized spacial score (nSPS) is 18.0. The molecule has 6 heteroatoms. The summed E-state index contributed by atoms with van der Waals surface area (Å²) in [6.07, 6.45) is 3.61. The predicted octanol–water partition coefficient (Wildman–Crippen LogP) is 1.68. The fourth-order valence-corrected chi connectivity index (χ4v) is 2.30. The Labute approximate surface area is 113 Å². The third-order valence-electron chi connectivity index (χ3n) is 3.47. The number of anilines is 2.